The van der Waals surface area contributed by atoms with Gasteiger partial charge in [-0.3, -0.25) is 4.57 Å². The molecule has 3 aromatic rings. The molecule has 5 nitrogen and oxygen atoms in total. The standard InChI is InChI=1S/C17H15N3O2S/c1-12-7-9-14(10-8-12)20-16(13-5-3-2-4-6-13)18-19-17(20)23-11-15(21)22/h2-10H,11H2,1H3,(H,21,22)/p-1. The number of thioether (sulfide) groups is 1. The Hall–Kier alpha value is -2.60. The topological polar surface area (TPSA) is 70.8 Å². The normalized spacial score (nSPS) is 10.7. The van der Waals surface area contributed by atoms with Crippen molar-refractivity contribution in [3.8, 4) is 17.1 Å². The van der Waals surface area contributed by atoms with Gasteiger partial charge in [0, 0.05) is 17.0 Å². The number of carboxylic acid groups (broad SMARTS) is 1. The highest BCUT2D eigenvalue weighted by Gasteiger charge is 2.15. The van der Waals surface area contributed by atoms with Gasteiger partial charge in [0.25, 0.3) is 0 Å². The van der Waals surface area contributed by atoms with Gasteiger partial charge in [-0.25, -0.2) is 0 Å². The summed E-state index contributed by atoms with van der Waals surface area (Å²) in [5.41, 5.74) is 2.95. The molecule has 0 atom stereocenters. The molecule has 1 heterocycles. The molecule has 0 saturated heterocycles. The predicted molar refractivity (Wildman–Crippen MR) is 87.3 cm³/mol. The van der Waals surface area contributed by atoms with E-state index < -0.39 is 5.97 Å². The summed E-state index contributed by atoms with van der Waals surface area (Å²) in [4.78, 5) is 10.8. The molecule has 0 aliphatic heterocycles. The Bertz CT molecular complexity index is 814. The molecule has 0 spiro atoms. The smallest absolute Gasteiger partial charge is 0.196 e. The van der Waals surface area contributed by atoms with Crippen molar-refractivity contribution in [1.29, 1.82) is 0 Å². The largest absolute Gasteiger partial charge is 0.549 e. The first-order valence-corrected chi connectivity index (χ1v) is 8.04. The predicted octanol–water partition coefficient (Wildman–Crippen LogP) is 2.08. The first-order chi connectivity index (χ1) is 11.1. The summed E-state index contributed by atoms with van der Waals surface area (Å²) in [7, 11) is 0. The maximum Gasteiger partial charge on any atom is 0.196 e. The van der Waals surface area contributed by atoms with Crippen LogP contribution in [0.4, 0.5) is 0 Å². The minimum atomic E-state index is -1.13. The van der Waals surface area contributed by atoms with Crippen LogP contribution in [0.2, 0.25) is 0 Å². The zero-order valence-electron chi connectivity index (χ0n) is 12.5. The third kappa shape index (κ3) is 3.43. The number of carbonyl (C=O) groups is 1. The Morgan fingerprint density at radius 2 is 1.78 bits per heavy atom. The molecule has 0 radical (unpaired) electrons. The molecule has 0 saturated carbocycles. The zero-order valence-corrected chi connectivity index (χ0v) is 13.3. The van der Waals surface area contributed by atoms with Crippen LogP contribution in [0, 0.1) is 6.92 Å². The van der Waals surface area contributed by atoms with Gasteiger partial charge in [-0.1, -0.05) is 59.8 Å². The second-order valence-electron chi connectivity index (χ2n) is 5.00. The Morgan fingerprint density at radius 1 is 1.09 bits per heavy atom. The fraction of sp³-hybridized carbons (Fsp3) is 0.118. The SMILES string of the molecule is Cc1ccc(-n2c(SCC(=O)[O-])nnc2-c2ccccc2)cc1. The number of carbonyl (C=O) groups excluding carboxylic acids is 1. The Balaban J connectivity index is 2.10. The van der Waals surface area contributed by atoms with Crippen LogP contribution in [0.3, 0.4) is 0 Å². The average Bonchev–Trinajstić information content (AvgIpc) is 2.98. The number of aliphatic carboxylic acids is 1. The molecule has 0 amide bonds. The molecule has 0 aliphatic rings. The zero-order chi connectivity index (χ0) is 16.2. The van der Waals surface area contributed by atoms with E-state index in [-0.39, 0.29) is 5.75 Å². The molecule has 0 aliphatic carbocycles. The molecule has 0 unspecified atom stereocenters. The molecule has 0 bridgehead atoms. The highest BCUT2D eigenvalue weighted by Crippen LogP contribution is 2.27. The fourth-order valence-corrected chi connectivity index (χ4v) is 2.85. The maximum atomic E-state index is 10.8. The number of hydrogen-bond acceptors (Lipinski definition) is 5. The summed E-state index contributed by atoms with van der Waals surface area (Å²) >= 11 is 1.10. The van der Waals surface area contributed by atoms with Crippen LogP contribution < -0.4 is 5.11 Å². The van der Waals surface area contributed by atoms with Crippen molar-refractivity contribution in [2.45, 2.75) is 12.1 Å². The molecular weight excluding hydrogens is 310 g/mol. The third-order valence-electron chi connectivity index (χ3n) is 3.28. The van der Waals surface area contributed by atoms with Gasteiger partial charge < -0.3 is 9.90 Å². The van der Waals surface area contributed by atoms with Crippen molar-refractivity contribution in [3.05, 3.63) is 60.2 Å². The van der Waals surface area contributed by atoms with Crippen LogP contribution in [0.15, 0.2) is 59.8 Å². The number of rotatable bonds is 5. The summed E-state index contributed by atoms with van der Waals surface area (Å²) in [6.45, 7) is 2.01. The van der Waals surface area contributed by atoms with E-state index in [0.717, 1.165) is 28.6 Å². The van der Waals surface area contributed by atoms with Gasteiger partial charge in [-0.2, -0.15) is 0 Å². The molecule has 1 aromatic heterocycles. The number of aryl methyl sites for hydroxylation is 1. The molecule has 116 valence electrons. The van der Waals surface area contributed by atoms with Crippen molar-refractivity contribution in [2.24, 2.45) is 0 Å². The summed E-state index contributed by atoms with van der Waals surface area (Å²) in [5, 5.41) is 19.7. The molecular formula is C17H14N3O2S-. The van der Waals surface area contributed by atoms with Crippen LogP contribution in [-0.2, 0) is 4.79 Å². The lowest BCUT2D eigenvalue weighted by Crippen LogP contribution is -2.24. The minimum absolute atomic E-state index is 0.168. The average molecular weight is 324 g/mol. The number of nitrogens with zero attached hydrogens (tertiary/aromatic N) is 3. The lowest BCUT2D eigenvalue weighted by Gasteiger charge is -2.11. The van der Waals surface area contributed by atoms with Gasteiger partial charge >= 0.3 is 0 Å². The Labute approximate surface area is 138 Å². The van der Waals surface area contributed by atoms with Crippen molar-refractivity contribution in [1.82, 2.24) is 14.8 Å². The van der Waals surface area contributed by atoms with E-state index in [0.29, 0.717) is 11.0 Å². The lowest BCUT2D eigenvalue weighted by atomic mass is 10.2. The van der Waals surface area contributed by atoms with E-state index in [9.17, 15) is 9.90 Å². The first-order valence-electron chi connectivity index (χ1n) is 7.05. The molecule has 0 N–H and O–H groups in total. The number of aromatic nitrogens is 3. The highest BCUT2D eigenvalue weighted by molar-refractivity contribution is 7.99. The van der Waals surface area contributed by atoms with Gasteiger partial charge in [-0.05, 0) is 19.1 Å². The third-order valence-corrected chi connectivity index (χ3v) is 4.18. The van der Waals surface area contributed by atoms with E-state index in [2.05, 4.69) is 10.2 Å². The van der Waals surface area contributed by atoms with E-state index >= 15 is 0 Å². The van der Waals surface area contributed by atoms with Crippen molar-refractivity contribution in [2.75, 3.05) is 5.75 Å². The Kier molecular flexibility index (Phi) is 4.43. The van der Waals surface area contributed by atoms with Crippen molar-refractivity contribution < 1.29 is 9.90 Å². The van der Waals surface area contributed by atoms with E-state index in [4.69, 9.17) is 0 Å². The van der Waals surface area contributed by atoms with Crippen LogP contribution >= 0.6 is 11.8 Å². The summed E-state index contributed by atoms with van der Waals surface area (Å²) in [5.74, 6) is -0.622. The van der Waals surface area contributed by atoms with E-state index in [1.54, 1.807) is 0 Å². The minimum Gasteiger partial charge on any atom is -0.549 e. The van der Waals surface area contributed by atoms with Gasteiger partial charge in [0.05, 0.1) is 5.97 Å². The van der Waals surface area contributed by atoms with Gasteiger partial charge in [0.1, 0.15) is 0 Å². The van der Waals surface area contributed by atoms with Crippen LogP contribution in [0.5, 0.6) is 0 Å². The molecule has 0 fully saturated rings. The number of carboxylic acids is 1. The summed E-state index contributed by atoms with van der Waals surface area (Å²) in [6.07, 6.45) is 0. The van der Waals surface area contributed by atoms with Crippen LogP contribution in [-0.4, -0.2) is 26.5 Å². The van der Waals surface area contributed by atoms with E-state index in [1.807, 2.05) is 66.1 Å². The second-order valence-corrected chi connectivity index (χ2v) is 5.95. The molecule has 3 rings (SSSR count). The van der Waals surface area contributed by atoms with Gasteiger partial charge in [0.2, 0.25) is 0 Å². The van der Waals surface area contributed by atoms with E-state index in [1.165, 1.54) is 0 Å². The fourth-order valence-electron chi connectivity index (χ4n) is 2.19. The molecule has 6 heteroatoms. The van der Waals surface area contributed by atoms with Crippen LogP contribution in [0.25, 0.3) is 17.1 Å². The second kappa shape index (κ2) is 6.66. The summed E-state index contributed by atoms with van der Waals surface area (Å²) in [6, 6.07) is 17.6. The summed E-state index contributed by atoms with van der Waals surface area (Å²) < 4.78 is 1.86. The Morgan fingerprint density at radius 3 is 2.43 bits per heavy atom. The quantitative estimate of drug-likeness (QED) is 0.672. The number of hydrogen-bond donors (Lipinski definition) is 0. The lowest BCUT2D eigenvalue weighted by molar-refractivity contribution is -0.301. The molecule has 2 aromatic carbocycles. The number of benzene rings is 2. The monoisotopic (exact) mass is 324 g/mol. The van der Waals surface area contributed by atoms with Gasteiger partial charge in [0.15, 0.2) is 11.0 Å². The van der Waals surface area contributed by atoms with Crippen molar-refractivity contribution >= 4 is 17.7 Å². The molecule has 23 heavy (non-hydrogen) atoms. The van der Waals surface area contributed by atoms with Gasteiger partial charge in [-0.15, -0.1) is 10.2 Å². The highest BCUT2D eigenvalue weighted by atomic mass is 32.2. The maximum absolute atomic E-state index is 10.8. The van der Waals surface area contributed by atoms with Crippen LogP contribution in [0.1, 0.15) is 5.56 Å². The first kappa shape index (κ1) is 15.3. The van der Waals surface area contributed by atoms with Crippen molar-refractivity contribution in [3.63, 3.8) is 0 Å².